The Bertz CT molecular complexity index is 587. The van der Waals surface area contributed by atoms with Crippen LogP contribution in [0, 0.1) is 0 Å². The van der Waals surface area contributed by atoms with Gasteiger partial charge in [-0.3, -0.25) is 0 Å². The first-order valence-electron chi connectivity index (χ1n) is 13.1. The van der Waals surface area contributed by atoms with Crippen molar-refractivity contribution >= 4 is 95.6 Å². The van der Waals surface area contributed by atoms with Gasteiger partial charge < -0.3 is 0 Å². The van der Waals surface area contributed by atoms with Gasteiger partial charge in [0.1, 0.15) is 0 Å². The Kier molecular flexibility index (Phi) is 2.97. The summed E-state index contributed by atoms with van der Waals surface area (Å²) in [6.07, 6.45) is -23.8. The highest BCUT2D eigenvalue weighted by atomic mass is 79.9. The molecule has 0 nitrogen and oxygen atoms in total. The van der Waals surface area contributed by atoms with E-state index >= 15 is 0 Å². The fourth-order valence-corrected chi connectivity index (χ4v) is 1.85. The van der Waals surface area contributed by atoms with Crippen LogP contribution in [0.4, 0.5) is 0 Å². The first-order valence-corrected chi connectivity index (χ1v) is 8.89. The van der Waals surface area contributed by atoms with E-state index in [4.69, 9.17) is 24.7 Å². The second-order valence-corrected chi connectivity index (χ2v) is 7.39. The summed E-state index contributed by atoms with van der Waals surface area (Å²) in [6, 6.07) is 0. The van der Waals surface area contributed by atoms with Gasteiger partial charge in [0.15, 0.2) is 0 Å². The summed E-state index contributed by atoms with van der Waals surface area (Å²) in [5.74, 6) is 0. The molecular formula is C12H18Br6. The summed E-state index contributed by atoms with van der Waals surface area (Å²) < 4.78 is 152. The van der Waals surface area contributed by atoms with Crippen molar-refractivity contribution in [3.05, 3.63) is 0 Å². The van der Waals surface area contributed by atoms with Crippen molar-refractivity contribution in [2.24, 2.45) is 0 Å². The lowest BCUT2D eigenvalue weighted by Crippen LogP contribution is -2.25. The Balaban J connectivity index is 4.55. The van der Waals surface area contributed by atoms with Gasteiger partial charge in [0.2, 0.25) is 0 Å². The normalized spacial score (nSPS) is 101. The fourth-order valence-electron chi connectivity index (χ4n) is 0.658. The van der Waals surface area contributed by atoms with Crippen LogP contribution in [-0.4, -0.2) is 28.8 Å². The largest absolute Gasteiger partial charge is 0.0879 e. The molecule has 6 heteroatoms. The van der Waals surface area contributed by atoms with Crippen LogP contribution in [0.3, 0.4) is 0 Å². The van der Waals surface area contributed by atoms with Gasteiger partial charge in [-0.2, -0.15) is 0 Å². The zero-order valence-electron chi connectivity index (χ0n) is 26.3. The highest BCUT2D eigenvalue weighted by molar-refractivity contribution is 9.13. The van der Waals surface area contributed by atoms with Crippen molar-refractivity contribution < 1.29 is 24.7 Å². The van der Waals surface area contributed by atoms with Crippen LogP contribution in [0.15, 0.2) is 0 Å². The second-order valence-electron chi connectivity index (χ2n) is 2.63. The quantitative estimate of drug-likeness (QED) is 0.248. The topological polar surface area (TPSA) is 0 Å². The molecule has 1 aliphatic rings. The van der Waals surface area contributed by atoms with Crippen LogP contribution >= 0.6 is 95.6 Å². The van der Waals surface area contributed by atoms with E-state index in [1.165, 1.54) is 0 Å². The molecule has 0 bridgehead atoms. The van der Waals surface area contributed by atoms with Gasteiger partial charge in [-0.05, 0) is 38.2 Å². The zero-order valence-corrected chi connectivity index (χ0v) is 17.8. The third-order valence-corrected chi connectivity index (χ3v) is 6.59. The molecule has 1 aliphatic carbocycles. The van der Waals surface area contributed by atoms with Gasteiger partial charge >= 0.3 is 0 Å². The van der Waals surface area contributed by atoms with Gasteiger partial charge in [0, 0.05) is 53.5 Å². The minimum absolute atomic E-state index is 2.46. The molecule has 6 atom stereocenters. The molecule has 0 aliphatic heterocycles. The van der Waals surface area contributed by atoms with Crippen LogP contribution in [0.2, 0.25) is 0 Å². The van der Waals surface area contributed by atoms with Gasteiger partial charge in [0.05, 0.1) is 0 Å². The number of rotatable bonds is 0. The molecule has 108 valence electrons. The molecule has 1 saturated carbocycles. The molecule has 1 rings (SSSR count). The van der Waals surface area contributed by atoms with E-state index < -0.39 is 67.1 Å². The smallest absolute Gasteiger partial charge is 0.0435 e. The predicted octanol–water partition coefficient (Wildman–Crippen LogP) is 6.92. The fraction of sp³-hybridized carbons (Fsp3) is 1.00. The van der Waals surface area contributed by atoms with E-state index in [-0.39, 0.29) is 0 Å². The third kappa shape index (κ3) is 6.76. The molecule has 0 heterocycles. The average molecular weight is 660 g/mol. The lowest BCUT2D eigenvalue weighted by Gasteiger charge is -2.25. The highest BCUT2D eigenvalue weighted by Crippen LogP contribution is 2.34. The number of halogens is 6. The van der Waals surface area contributed by atoms with Crippen molar-refractivity contribution in [3.8, 4) is 0 Å². The van der Waals surface area contributed by atoms with Crippen molar-refractivity contribution in [1.82, 2.24) is 0 Å². The van der Waals surface area contributed by atoms with Crippen LogP contribution in [-0.2, 0) is 0 Å². The molecule has 0 aromatic carbocycles. The van der Waals surface area contributed by atoms with E-state index in [0.717, 1.165) is 0 Å². The first-order chi connectivity index (χ1) is 15.0. The SMILES string of the molecule is [2H]C1([2H])C([2H])([2H])[C@@]([2H])(Br)[C@]([2H])(Br)C([2H])([2H])C([2H])([2H])[C@@]([2H])(Br)[C@@]([2H])(Br)C([2H])([2H])C([2H])([2H])[C@@]([2H])(Br)[C@@]1([2H])Br. The Morgan fingerprint density at radius 1 is 0.500 bits per heavy atom. The third-order valence-electron chi connectivity index (χ3n) is 1.42. The van der Waals surface area contributed by atoms with E-state index in [9.17, 15) is 0 Å². The Labute approximate surface area is 186 Å². The van der Waals surface area contributed by atoms with Crippen LogP contribution in [0.25, 0.3) is 0 Å². The first kappa shape index (κ1) is 5.46. The minimum atomic E-state index is -3.97. The van der Waals surface area contributed by atoms with Crippen molar-refractivity contribution in [2.45, 2.75) is 67.1 Å². The number of hydrogen-bond donors (Lipinski definition) is 0. The molecule has 0 amide bonds. The molecule has 0 spiro atoms. The zero-order chi connectivity index (χ0) is 30.0. The second kappa shape index (κ2) is 9.81. The predicted molar refractivity (Wildman–Crippen MR) is 104 cm³/mol. The summed E-state index contributed by atoms with van der Waals surface area (Å²) in [6.45, 7) is 0. The Morgan fingerprint density at radius 3 is 0.722 bits per heavy atom. The lowest BCUT2D eigenvalue weighted by molar-refractivity contribution is 0.557. The summed E-state index contributed by atoms with van der Waals surface area (Å²) in [7, 11) is 0. The van der Waals surface area contributed by atoms with Crippen molar-refractivity contribution in [3.63, 3.8) is 0 Å². The van der Waals surface area contributed by atoms with Gasteiger partial charge in [0.25, 0.3) is 0 Å². The maximum absolute atomic E-state index is 8.54. The Morgan fingerprint density at radius 2 is 0.611 bits per heavy atom. The monoisotopic (exact) mass is 654 g/mol. The van der Waals surface area contributed by atoms with E-state index in [1.54, 1.807) is 0 Å². The van der Waals surface area contributed by atoms with E-state index in [0.29, 0.717) is 0 Å². The van der Waals surface area contributed by atoms with Gasteiger partial charge in [-0.1, -0.05) is 95.6 Å². The summed E-state index contributed by atoms with van der Waals surface area (Å²) in [5.41, 5.74) is 0. The molecule has 0 N–H and O–H groups in total. The Hall–Kier alpha value is 2.88. The maximum Gasteiger partial charge on any atom is 0.0435 e. The van der Waals surface area contributed by atoms with Crippen LogP contribution in [0.1, 0.15) is 62.9 Å². The maximum atomic E-state index is 8.54. The summed E-state index contributed by atoms with van der Waals surface area (Å²) in [4.78, 5) is -21.6. The number of alkyl halides is 6. The van der Waals surface area contributed by atoms with Gasteiger partial charge in [-0.15, -0.1) is 0 Å². The standard InChI is InChI=1S/C12H18Br6/c13-7-1-2-8(14)10(16)5-6-12(18)11(17)4-3-9(7)15/h7-12H,1-6H2/t7-,8-,9-,10+,11+,12-/m1/s1/i1D2,2D2,3D2,4D2,5D2,6D2,7D,8D,9D,10D,11D,12D. The van der Waals surface area contributed by atoms with Crippen LogP contribution < -0.4 is 0 Å². The average Bonchev–Trinajstić information content (AvgIpc) is 2.65. The molecule has 0 aromatic heterocycles. The minimum Gasteiger partial charge on any atom is -0.0879 e. The molecule has 18 heavy (non-hydrogen) atoms. The number of hydrogen-bond acceptors (Lipinski definition) is 0. The highest BCUT2D eigenvalue weighted by Gasteiger charge is 2.25. The summed E-state index contributed by atoms with van der Waals surface area (Å²) in [5, 5.41) is 0. The molecule has 1 fully saturated rings. The lowest BCUT2D eigenvalue weighted by atomic mass is 10.0. The molecule has 0 radical (unpaired) electrons. The van der Waals surface area contributed by atoms with Crippen LogP contribution in [0.5, 0.6) is 0 Å². The van der Waals surface area contributed by atoms with Crippen molar-refractivity contribution in [2.75, 3.05) is 0 Å². The van der Waals surface area contributed by atoms with Gasteiger partial charge in [-0.25, -0.2) is 0 Å². The molecule has 0 unspecified atom stereocenters. The molecule has 0 saturated heterocycles. The van der Waals surface area contributed by atoms with E-state index in [2.05, 4.69) is 95.6 Å². The van der Waals surface area contributed by atoms with E-state index in [1.807, 2.05) is 0 Å². The summed E-state index contributed by atoms with van der Waals surface area (Å²) >= 11 is 14.8. The molecular weight excluding hydrogens is 624 g/mol. The molecule has 0 aromatic rings. The van der Waals surface area contributed by atoms with Crippen molar-refractivity contribution in [1.29, 1.82) is 0 Å².